The smallest absolute Gasteiger partial charge is 0.120 e. The fourth-order valence-electron chi connectivity index (χ4n) is 1.68. The molecule has 1 rings (SSSR count). The SMILES string of the molecule is C=CCC(CC)c1ccc(OC)cc1Cl. The molecular weight excluding hydrogens is 208 g/mol. The average molecular weight is 225 g/mol. The summed E-state index contributed by atoms with van der Waals surface area (Å²) in [6, 6.07) is 5.86. The van der Waals surface area contributed by atoms with Gasteiger partial charge in [-0.1, -0.05) is 30.7 Å². The zero-order chi connectivity index (χ0) is 11.3. The topological polar surface area (TPSA) is 9.23 Å². The first-order chi connectivity index (χ1) is 7.22. The van der Waals surface area contributed by atoms with Crippen LogP contribution in [0.15, 0.2) is 30.9 Å². The first kappa shape index (κ1) is 12.1. The summed E-state index contributed by atoms with van der Waals surface area (Å²) < 4.78 is 5.12. The summed E-state index contributed by atoms with van der Waals surface area (Å²) in [4.78, 5) is 0. The van der Waals surface area contributed by atoms with E-state index in [0.29, 0.717) is 5.92 Å². The van der Waals surface area contributed by atoms with Crippen molar-refractivity contribution in [2.75, 3.05) is 7.11 Å². The van der Waals surface area contributed by atoms with Gasteiger partial charge in [0.1, 0.15) is 5.75 Å². The van der Waals surface area contributed by atoms with Gasteiger partial charge in [-0.15, -0.1) is 6.58 Å². The van der Waals surface area contributed by atoms with Crippen molar-refractivity contribution in [3.8, 4) is 5.75 Å². The Labute approximate surface area is 96.7 Å². The molecule has 1 unspecified atom stereocenters. The van der Waals surface area contributed by atoms with Gasteiger partial charge in [0.15, 0.2) is 0 Å². The van der Waals surface area contributed by atoms with E-state index < -0.39 is 0 Å². The lowest BCUT2D eigenvalue weighted by Gasteiger charge is -2.15. The van der Waals surface area contributed by atoms with E-state index in [9.17, 15) is 0 Å². The maximum Gasteiger partial charge on any atom is 0.120 e. The lowest BCUT2D eigenvalue weighted by molar-refractivity contribution is 0.414. The van der Waals surface area contributed by atoms with Gasteiger partial charge in [-0.25, -0.2) is 0 Å². The van der Waals surface area contributed by atoms with Crippen LogP contribution < -0.4 is 4.74 Å². The van der Waals surface area contributed by atoms with Gasteiger partial charge in [-0.05, 0) is 36.5 Å². The van der Waals surface area contributed by atoms with Crippen molar-refractivity contribution in [2.45, 2.75) is 25.7 Å². The molecular formula is C13H17ClO. The van der Waals surface area contributed by atoms with Crippen molar-refractivity contribution >= 4 is 11.6 Å². The molecule has 1 aromatic rings. The van der Waals surface area contributed by atoms with Crippen LogP contribution in [0.2, 0.25) is 5.02 Å². The van der Waals surface area contributed by atoms with Gasteiger partial charge in [0.05, 0.1) is 7.11 Å². The molecule has 1 atom stereocenters. The van der Waals surface area contributed by atoms with Gasteiger partial charge in [0.25, 0.3) is 0 Å². The number of ether oxygens (including phenoxy) is 1. The number of rotatable bonds is 5. The summed E-state index contributed by atoms with van der Waals surface area (Å²) in [7, 11) is 1.65. The third-order valence-electron chi connectivity index (χ3n) is 2.59. The van der Waals surface area contributed by atoms with Crippen molar-refractivity contribution in [1.29, 1.82) is 0 Å². The molecule has 0 radical (unpaired) electrons. The van der Waals surface area contributed by atoms with Crippen LogP contribution in [-0.4, -0.2) is 7.11 Å². The van der Waals surface area contributed by atoms with Gasteiger partial charge >= 0.3 is 0 Å². The highest BCUT2D eigenvalue weighted by atomic mass is 35.5. The molecule has 0 aromatic heterocycles. The van der Waals surface area contributed by atoms with E-state index in [2.05, 4.69) is 13.5 Å². The van der Waals surface area contributed by atoms with Crippen LogP contribution in [0.3, 0.4) is 0 Å². The van der Waals surface area contributed by atoms with Crippen molar-refractivity contribution in [3.05, 3.63) is 41.4 Å². The van der Waals surface area contributed by atoms with Crippen molar-refractivity contribution < 1.29 is 4.74 Å². The van der Waals surface area contributed by atoms with Crippen LogP contribution in [-0.2, 0) is 0 Å². The maximum atomic E-state index is 6.20. The summed E-state index contributed by atoms with van der Waals surface area (Å²) in [5.41, 5.74) is 1.18. The monoisotopic (exact) mass is 224 g/mol. The summed E-state index contributed by atoms with van der Waals surface area (Å²) in [6.45, 7) is 5.93. The summed E-state index contributed by atoms with van der Waals surface area (Å²) in [5, 5.41) is 0.781. The van der Waals surface area contributed by atoms with Gasteiger partial charge in [-0.2, -0.15) is 0 Å². The first-order valence-electron chi connectivity index (χ1n) is 5.17. The minimum atomic E-state index is 0.459. The Kier molecular flexibility index (Phi) is 4.70. The maximum absolute atomic E-state index is 6.20. The number of allylic oxidation sites excluding steroid dienone is 1. The molecule has 0 aliphatic heterocycles. The Balaban J connectivity index is 2.97. The molecule has 1 aromatic carbocycles. The molecule has 82 valence electrons. The normalized spacial score (nSPS) is 12.2. The molecule has 1 nitrogen and oxygen atoms in total. The van der Waals surface area contributed by atoms with Crippen molar-refractivity contribution in [2.24, 2.45) is 0 Å². The molecule has 0 aliphatic carbocycles. The number of halogens is 1. The lowest BCUT2D eigenvalue weighted by atomic mass is 9.93. The van der Waals surface area contributed by atoms with E-state index in [4.69, 9.17) is 16.3 Å². The number of hydrogen-bond acceptors (Lipinski definition) is 1. The largest absolute Gasteiger partial charge is 0.497 e. The van der Waals surface area contributed by atoms with Gasteiger partial charge < -0.3 is 4.74 Å². The Morgan fingerprint density at radius 2 is 2.27 bits per heavy atom. The Morgan fingerprint density at radius 1 is 1.53 bits per heavy atom. The second-order valence-corrected chi connectivity index (χ2v) is 3.92. The molecule has 0 amide bonds. The molecule has 0 bridgehead atoms. The van der Waals surface area contributed by atoms with Crippen LogP contribution in [0.25, 0.3) is 0 Å². The number of benzene rings is 1. The Morgan fingerprint density at radius 3 is 2.73 bits per heavy atom. The average Bonchev–Trinajstić information content (AvgIpc) is 2.26. The molecule has 0 spiro atoms. The third kappa shape index (κ3) is 3.00. The highest BCUT2D eigenvalue weighted by molar-refractivity contribution is 6.31. The lowest BCUT2D eigenvalue weighted by Crippen LogP contribution is -1.97. The molecule has 0 saturated carbocycles. The summed E-state index contributed by atoms with van der Waals surface area (Å²) in [5.74, 6) is 1.26. The van der Waals surface area contributed by atoms with E-state index >= 15 is 0 Å². The molecule has 0 fully saturated rings. The predicted molar refractivity (Wildman–Crippen MR) is 65.9 cm³/mol. The zero-order valence-electron chi connectivity index (χ0n) is 9.29. The van der Waals surface area contributed by atoms with E-state index in [1.165, 1.54) is 5.56 Å². The van der Waals surface area contributed by atoms with Crippen LogP contribution in [0.5, 0.6) is 5.75 Å². The van der Waals surface area contributed by atoms with Gasteiger partial charge in [-0.3, -0.25) is 0 Å². The van der Waals surface area contributed by atoms with E-state index in [1.54, 1.807) is 7.11 Å². The number of methoxy groups -OCH3 is 1. The highest BCUT2D eigenvalue weighted by Crippen LogP contribution is 2.32. The summed E-state index contributed by atoms with van der Waals surface area (Å²) >= 11 is 6.20. The zero-order valence-corrected chi connectivity index (χ0v) is 10.1. The second kappa shape index (κ2) is 5.82. The predicted octanol–water partition coefficient (Wildman–Crippen LogP) is 4.42. The molecule has 0 aliphatic rings. The Hall–Kier alpha value is -0.950. The van der Waals surface area contributed by atoms with Gasteiger partial charge in [0.2, 0.25) is 0 Å². The number of hydrogen-bond donors (Lipinski definition) is 0. The standard InChI is InChI=1S/C13H17ClO/c1-4-6-10(5-2)12-8-7-11(15-3)9-13(12)14/h4,7-10H,1,5-6H2,2-3H3. The second-order valence-electron chi connectivity index (χ2n) is 3.52. The van der Waals surface area contributed by atoms with E-state index in [0.717, 1.165) is 23.6 Å². The molecule has 0 N–H and O–H groups in total. The van der Waals surface area contributed by atoms with Crippen LogP contribution >= 0.6 is 11.6 Å². The van der Waals surface area contributed by atoms with Gasteiger partial charge in [0, 0.05) is 5.02 Å². The molecule has 2 heteroatoms. The van der Waals surface area contributed by atoms with Crippen molar-refractivity contribution in [1.82, 2.24) is 0 Å². The fourth-order valence-corrected chi connectivity index (χ4v) is 2.01. The third-order valence-corrected chi connectivity index (χ3v) is 2.92. The van der Waals surface area contributed by atoms with E-state index in [-0.39, 0.29) is 0 Å². The van der Waals surface area contributed by atoms with Crippen LogP contribution in [0, 0.1) is 0 Å². The van der Waals surface area contributed by atoms with E-state index in [1.807, 2.05) is 24.3 Å². The first-order valence-corrected chi connectivity index (χ1v) is 5.55. The molecule has 15 heavy (non-hydrogen) atoms. The fraction of sp³-hybridized carbons (Fsp3) is 0.385. The minimum Gasteiger partial charge on any atom is -0.497 e. The Bertz CT molecular complexity index is 333. The van der Waals surface area contributed by atoms with Crippen LogP contribution in [0.1, 0.15) is 31.2 Å². The quantitative estimate of drug-likeness (QED) is 0.673. The summed E-state index contributed by atoms with van der Waals surface area (Å²) in [6.07, 6.45) is 3.97. The van der Waals surface area contributed by atoms with Crippen molar-refractivity contribution in [3.63, 3.8) is 0 Å². The van der Waals surface area contributed by atoms with Crippen LogP contribution in [0.4, 0.5) is 0 Å². The minimum absolute atomic E-state index is 0.459. The highest BCUT2D eigenvalue weighted by Gasteiger charge is 2.11. The molecule has 0 heterocycles. The molecule has 0 saturated heterocycles.